The van der Waals surface area contributed by atoms with Crippen molar-refractivity contribution < 1.29 is 9.53 Å². The van der Waals surface area contributed by atoms with Crippen LogP contribution in [0.2, 0.25) is 5.02 Å². The SMILES string of the molecule is COc1cc(C(=O)c2ncc(C)cc2C)ccc1Cl. The second kappa shape index (κ2) is 5.41. The summed E-state index contributed by atoms with van der Waals surface area (Å²) in [5, 5.41) is 0.479. The quantitative estimate of drug-likeness (QED) is 0.804. The van der Waals surface area contributed by atoms with Crippen molar-refractivity contribution >= 4 is 17.4 Å². The van der Waals surface area contributed by atoms with Gasteiger partial charge in [-0.3, -0.25) is 9.78 Å². The van der Waals surface area contributed by atoms with Gasteiger partial charge in [0.25, 0.3) is 0 Å². The molecule has 0 fully saturated rings. The lowest BCUT2D eigenvalue weighted by molar-refractivity contribution is 0.103. The number of hydrogen-bond donors (Lipinski definition) is 0. The molecule has 0 radical (unpaired) electrons. The highest BCUT2D eigenvalue weighted by atomic mass is 35.5. The van der Waals surface area contributed by atoms with Gasteiger partial charge in [-0.1, -0.05) is 17.7 Å². The lowest BCUT2D eigenvalue weighted by atomic mass is 10.0. The molecule has 1 heterocycles. The molecule has 19 heavy (non-hydrogen) atoms. The van der Waals surface area contributed by atoms with Crippen LogP contribution in [0.4, 0.5) is 0 Å². The number of ether oxygens (including phenoxy) is 1. The number of benzene rings is 1. The minimum atomic E-state index is -0.132. The van der Waals surface area contributed by atoms with Gasteiger partial charge < -0.3 is 4.74 Å². The Kier molecular flexibility index (Phi) is 3.86. The normalized spacial score (nSPS) is 10.3. The standard InChI is InChI=1S/C15H14ClNO2/c1-9-6-10(2)14(17-8-9)15(18)11-4-5-12(16)13(7-11)19-3/h4-8H,1-3H3. The number of rotatable bonds is 3. The third-order valence-electron chi connectivity index (χ3n) is 2.84. The molecule has 0 spiro atoms. The summed E-state index contributed by atoms with van der Waals surface area (Å²) in [5.74, 6) is 0.352. The molecule has 0 atom stereocenters. The number of pyridine rings is 1. The van der Waals surface area contributed by atoms with E-state index in [0.717, 1.165) is 11.1 Å². The van der Waals surface area contributed by atoms with E-state index in [4.69, 9.17) is 16.3 Å². The van der Waals surface area contributed by atoms with Crippen LogP contribution in [-0.2, 0) is 0 Å². The van der Waals surface area contributed by atoms with Gasteiger partial charge in [-0.15, -0.1) is 0 Å². The largest absolute Gasteiger partial charge is 0.495 e. The van der Waals surface area contributed by atoms with Gasteiger partial charge in [0.2, 0.25) is 5.78 Å². The van der Waals surface area contributed by atoms with Crippen LogP contribution < -0.4 is 4.74 Å². The van der Waals surface area contributed by atoms with Crippen molar-refractivity contribution in [1.29, 1.82) is 0 Å². The van der Waals surface area contributed by atoms with Crippen LogP contribution in [0.25, 0.3) is 0 Å². The van der Waals surface area contributed by atoms with E-state index in [0.29, 0.717) is 22.0 Å². The fourth-order valence-electron chi connectivity index (χ4n) is 1.89. The van der Waals surface area contributed by atoms with E-state index >= 15 is 0 Å². The molecule has 2 aromatic rings. The molecule has 0 unspecified atom stereocenters. The van der Waals surface area contributed by atoms with Crippen molar-refractivity contribution in [3.8, 4) is 5.75 Å². The molecular weight excluding hydrogens is 262 g/mol. The van der Waals surface area contributed by atoms with Gasteiger partial charge in [-0.25, -0.2) is 0 Å². The first-order valence-electron chi connectivity index (χ1n) is 5.84. The Bertz CT molecular complexity index is 638. The number of methoxy groups -OCH3 is 1. The lowest BCUT2D eigenvalue weighted by Crippen LogP contribution is -2.07. The van der Waals surface area contributed by atoms with Gasteiger partial charge in [-0.2, -0.15) is 0 Å². The van der Waals surface area contributed by atoms with E-state index in [9.17, 15) is 4.79 Å². The molecule has 0 N–H and O–H groups in total. The first-order valence-corrected chi connectivity index (χ1v) is 6.22. The van der Waals surface area contributed by atoms with Crippen LogP contribution in [0.15, 0.2) is 30.5 Å². The third kappa shape index (κ3) is 2.76. The van der Waals surface area contributed by atoms with E-state index < -0.39 is 0 Å². The highest BCUT2D eigenvalue weighted by Gasteiger charge is 2.15. The summed E-state index contributed by atoms with van der Waals surface area (Å²) in [4.78, 5) is 16.6. The van der Waals surface area contributed by atoms with Crippen molar-refractivity contribution in [3.63, 3.8) is 0 Å². The highest BCUT2D eigenvalue weighted by molar-refractivity contribution is 6.32. The number of nitrogens with zero attached hydrogens (tertiary/aromatic N) is 1. The van der Waals surface area contributed by atoms with Crippen LogP contribution in [0, 0.1) is 13.8 Å². The molecular formula is C15H14ClNO2. The van der Waals surface area contributed by atoms with E-state index in [1.165, 1.54) is 7.11 Å². The van der Waals surface area contributed by atoms with Crippen LogP contribution in [-0.4, -0.2) is 17.9 Å². The molecule has 0 amide bonds. The minimum Gasteiger partial charge on any atom is -0.495 e. The summed E-state index contributed by atoms with van der Waals surface area (Å²) in [5.41, 5.74) is 2.86. The maximum atomic E-state index is 12.4. The van der Waals surface area contributed by atoms with Gasteiger partial charge in [0, 0.05) is 11.8 Å². The first kappa shape index (κ1) is 13.6. The Balaban J connectivity index is 2.44. The fraction of sp³-hybridized carbons (Fsp3) is 0.200. The first-order chi connectivity index (χ1) is 9.02. The number of hydrogen-bond acceptors (Lipinski definition) is 3. The Morgan fingerprint density at radius 1 is 1.26 bits per heavy atom. The number of aryl methyl sites for hydroxylation is 2. The lowest BCUT2D eigenvalue weighted by Gasteiger charge is -2.07. The summed E-state index contributed by atoms with van der Waals surface area (Å²) in [6.45, 7) is 3.82. The van der Waals surface area contributed by atoms with Crippen molar-refractivity contribution in [2.45, 2.75) is 13.8 Å². The number of aromatic nitrogens is 1. The average Bonchev–Trinajstić information content (AvgIpc) is 2.38. The van der Waals surface area contributed by atoms with E-state index in [1.807, 2.05) is 19.9 Å². The van der Waals surface area contributed by atoms with Gasteiger partial charge in [0.05, 0.1) is 12.1 Å². The van der Waals surface area contributed by atoms with Crippen molar-refractivity contribution in [3.05, 3.63) is 57.9 Å². The predicted molar refractivity (Wildman–Crippen MR) is 75.1 cm³/mol. The molecule has 3 nitrogen and oxygen atoms in total. The fourth-order valence-corrected chi connectivity index (χ4v) is 2.09. The maximum Gasteiger partial charge on any atom is 0.211 e. The third-order valence-corrected chi connectivity index (χ3v) is 3.16. The second-order valence-corrected chi connectivity index (χ2v) is 4.76. The van der Waals surface area contributed by atoms with E-state index in [-0.39, 0.29) is 5.78 Å². The van der Waals surface area contributed by atoms with Crippen LogP contribution >= 0.6 is 11.6 Å². The summed E-state index contributed by atoms with van der Waals surface area (Å²) in [6.07, 6.45) is 1.69. The smallest absolute Gasteiger partial charge is 0.211 e. The highest BCUT2D eigenvalue weighted by Crippen LogP contribution is 2.26. The predicted octanol–water partition coefficient (Wildman–Crippen LogP) is 3.59. The number of ketones is 1. The van der Waals surface area contributed by atoms with Gasteiger partial charge in [0.15, 0.2) is 0 Å². The number of halogens is 1. The van der Waals surface area contributed by atoms with Crippen LogP contribution in [0.5, 0.6) is 5.75 Å². The molecule has 1 aromatic carbocycles. The van der Waals surface area contributed by atoms with Gasteiger partial charge in [-0.05, 0) is 43.2 Å². The zero-order valence-electron chi connectivity index (χ0n) is 11.0. The van der Waals surface area contributed by atoms with Crippen molar-refractivity contribution in [1.82, 2.24) is 4.98 Å². The van der Waals surface area contributed by atoms with E-state index in [1.54, 1.807) is 24.4 Å². The molecule has 98 valence electrons. The maximum absolute atomic E-state index is 12.4. The molecule has 0 saturated carbocycles. The van der Waals surface area contributed by atoms with Crippen LogP contribution in [0.1, 0.15) is 27.2 Å². The molecule has 0 aliphatic carbocycles. The van der Waals surface area contributed by atoms with Crippen molar-refractivity contribution in [2.75, 3.05) is 7.11 Å². The molecule has 0 bridgehead atoms. The Labute approximate surface area is 117 Å². The van der Waals surface area contributed by atoms with Crippen LogP contribution in [0.3, 0.4) is 0 Å². The summed E-state index contributed by atoms with van der Waals surface area (Å²) in [7, 11) is 1.52. The summed E-state index contributed by atoms with van der Waals surface area (Å²) in [6, 6.07) is 6.89. The molecule has 2 rings (SSSR count). The second-order valence-electron chi connectivity index (χ2n) is 4.36. The average molecular weight is 276 g/mol. The van der Waals surface area contributed by atoms with Gasteiger partial charge >= 0.3 is 0 Å². The Morgan fingerprint density at radius 3 is 2.63 bits per heavy atom. The topological polar surface area (TPSA) is 39.2 Å². The zero-order chi connectivity index (χ0) is 14.0. The summed E-state index contributed by atoms with van der Waals surface area (Å²) >= 11 is 5.95. The minimum absolute atomic E-state index is 0.132. The molecule has 0 aliphatic rings. The number of carbonyl (C=O) groups is 1. The molecule has 0 aliphatic heterocycles. The molecule has 1 aromatic heterocycles. The van der Waals surface area contributed by atoms with Crippen molar-refractivity contribution in [2.24, 2.45) is 0 Å². The molecule has 0 saturated heterocycles. The molecule has 4 heteroatoms. The van der Waals surface area contributed by atoms with E-state index in [2.05, 4.69) is 4.98 Å². The zero-order valence-corrected chi connectivity index (χ0v) is 11.8. The van der Waals surface area contributed by atoms with Gasteiger partial charge in [0.1, 0.15) is 11.4 Å². The Hall–Kier alpha value is -1.87. The monoisotopic (exact) mass is 275 g/mol. The number of carbonyl (C=O) groups excluding carboxylic acids is 1. The Morgan fingerprint density at radius 2 is 2.00 bits per heavy atom. The summed E-state index contributed by atoms with van der Waals surface area (Å²) < 4.78 is 5.12.